The largest absolute Gasteiger partial charge is 1.00 e. The summed E-state index contributed by atoms with van der Waals surface area (Å²) in [4.78, 5) is 0. The van der Waals surface area contributed by atoms with E-state index in [1.54, 1.807) is 22.5 Å². The first-order valence-corrected chi connectivity index (χ1v) is 25.0. The molecule has 212 valence electrons. The van der Waals surface area contributed by atoms with Crippen molar-refractivity contribution in [1.29, 1.82) is 0 Å². The molecule has 5 rings (SSSR count). The number of halogens is 2. The second-order valence-electron chi connectivity index (χ2n) is 12.1. The second kappa shape index (κ2) is 15.8. The monoisotopic (exact) mass is 657 g/mol. The van der Waals surface area contributed by atoms with Gasteiger partial charge >= 0.3 is 51.3 Å². The summed E-state index contributed by atoms with van der Waals surface area (Å²) in [5.41, 5.74) is 0. The molecular formula is C33H43Cl2OSi3Ti-. The van der Waals surface area contributed by atoms with Crippen LogP contribution >= 0.6 is 0 Å². The zero-order chi connectivity index (χ0) is 28.1. The average molecular weight is 659 g/mol. The fraction of sp³-hybridized carbons (Fsp3) is 0.303. The molecule has 0 saturated carbocycles. The molecule has 5 aromatic carbocycles. The molecule has 7 heteroatoms. The van der Waals surface area contributed by atoms with Crippen LogP contribution in [0.25, 0.3) is 32.3 Å². The molecule has 1 N–H and O–H groups in total. The second-order valence-corrected chi connectivity index (χ2v) is 28.2. The third-order valence-electron chi connectivity index (χ3n) is 7.03. The minimum absolute atomic E-state index is 0. The summed E-state index contributed by atoms with van der Waals surface area (Å²) in [5, 5.41) is 20.2. The molecule has 0 bridgehead atoms. The van der Waals surface area contributed by atoms with Crippen molar-refractivity contribution in [2.24, 2.45) is 0 Å². The van der Waals surface area contributed by atoms with E-state index in [4.69, 9.17) is 5.11 Å². The molecular weight excluding hydrogens is 615 g/mol. The van der Waals surface area contributed by atoms with Crippen LogP contribution in [0.2, 0.25) is 51.4 Å². The number of fused-ring (bicyclic) bond motifs is 4. The van der Waals surface area contributed by atoms with E-state index in [0.717, 1.165) is 10.8 Å². The molecule has 0 unspecified atom stereocenters. The number of rotatable bonds is 4. The van der Waals surface area contributed by atoms with Gasteiger partial charge in [0, 0.05) is 0 Å². The van der Waals surface area contributed by atoms with E-state index in [2.05, 4.69) is 115 Å². The van der Waals surface area contributed by atoms with E-state index in [1.165, 1.54) is 33.6 Å². The third-order valence-corrected chi connectivity index (χ3v) is 16.1. The number of aromatic hydroxyl groups is 1. The van der Waals surface area contributed by atoms with Crippen LogP contribution in [0.3, 0.4) is 0 Å². The Labute approximate surface area is 268 Å². The van der Waals surface area contributed by atoms with Crippen molar-refractivity contribution >= 4 is 65.0 Å². The zero-order valence-electron chi connectivity index (χ0n) is 25.2. The van der Waals surface area contributed by atoms with Gasteiger partial charge < -0.3 is 29.9 Å². The normalized spacial score (nSPS) is 11.1. The SMILES string of the molecule is CC[Si](=[Ti+2])CC.C[Si](C)(C)c1ccc2[cH-]c3ccc([Si](C)(C)C)cc3c2c1.Oc1ccc2ccccc2c1.[Cl-].[Cl-]. The summed E-state index contributed by atoms with van der Waals surface area (Å²) in [7, 11) is -2.51. The quantitative estimate of drug-likeness (QED) is 0.233. The molecule has 0 saturated heterocycles. The third kappa shape index (κ3) is 9.94. The fourth-order valence-electron chi connectivity index (χ4n) is 4.36. The van der Waals surface area contributed by atoms with E-state index in [0.29, 0.717) is 5.75 Å². The molecule has 1 nitrogen and oxygen atoms in total. The topological polar surface area (TPSA) is 20.2 Å². The molecule has 0 aliphatic carbocycles. The van der Waals surface area contributed by atoms with Crippen molar-refractivity contribution in [2.75, 3.05) is 0 Å². The van der Waals surface area contributed by atoms with Crippen LogP contribution in [0, 0.1) is 0 Å². The van der Waals surface area contributed by atoms with Gasteiger partial charge in [-0.15, -0.1) is 39.7 Å². The summed E-state index contributed by atoms with van der Waals surface area (Å²) in [6, 6.07) is 32.7. The van der Waals surface area contributed by atoms with Crippen molar-refractivity contribution < 1.29 is 49.1 Å². The maximum Gasteiger partial charge on any atom is 0.116 e. The molecule has 0 heterocycles. The number of phenolic OH excluding ortho intramolecular Hbond substituents is 1. The zero-order valence-corrected chi connectivity index (χ0v) is 31.3. The summed E-state index contributed by atoms with van der Waals surface area (Å²) >= 11 is 2.38. The number of benzene rings is 4. The Balaban J connectivity index is 0.000000354. The van der Waals surface area contributed by atoms with Crippen LogP contribution in [-0.2, 0) is 19.2 Å². The predicted octanol–water partition coefficient (Wildman–Crippen LogP) is 2.92. The van der Waals surface area contributed by atoms with E-state index in [9.17, 15) is 0 Å². The number of hydrogen-bond donors (Lipinski definition) is 1. The predicted molar refractivity (Wildman–Crippen MR) is 175 cm³/mol. The maximum atomic E-state index is 9.13. The van der Waals surface area contributed by atoms with Gasteiger partial charge in [-0.1, -0.05) is 104 Å². The Morgan fingerprint density at radius 1 is 0.650 bits per heavy atom. The molecule has 0 radical (unpaired) electrons. The Bertz CT molecular complexity index is 1470. The molecule has 0 amide bonds. The number of phenols is 1. The van der Waals surface area contributed by atoms with Gasteiger partial charge in [0.05, 0.1) is 16.1 Å². The summed E-state index contributed by atoms with van der Waals surface area (Å²) in [6.07, 6.45) is 0.132. The summed E-state index contributed by atoms with van der Waals surface area (Å²) in [6.45, 7) is 19.1. The first kappa shape index (κ1) is 36.8. The van der Waals surface area contributed by atoms with E-state index >= 15 is 0 Å². The number of hydrogen-bond acceptors (Lipinski definition) is 1. The first-order valence-electron chi connectivity index (χ1n) is 13.7. The van der Waals surface area contributed by atoms with Crippen LogP contribution in [-0.4, -0.2) is 27.4 Å². The minimum Gasteiger partial charge on any atom is -1.00 e. The average Bonchev–Trinajstić information content (AvgIpc) is 3.25. The standard InChI is InChI=1S/C19H25Si2.C10H8O.C4H10Si.2ClH.Ti/c1-20(2,3)16-9-7-14-11-15-8-10-17(21(4,5)6)13-19(15)18(14)12-16;11-10-6-5-8-3-1-2-4-9(8)7-10;1-3-5-4-2;;;/h7-13H,1-6H3;1-7,11H;3-4H2,1-2H3;2*1H;/q-1;;;;;+2/p-2. The molecule has 0 aliphatic rings. The van der Waals surface area contributed by atoms with Gasteiger partial charge in [0.1, 0.15) is 5.75 Å². The van der Waals surface area contributed by atoms with Gasteiger partial charge in [-0.25, -0.2) is 0 Å². The summed E-state index contributed by atoms with van der Waals surface area (Å²) in [5.74, 6) is 0.323. The fourth-order valence-corrected chi connectivity index (χ4v) is 7.18. The molecule has 0 fully saturated rings. The van der Waals surface area contributed by atoms with Gasteiger partial charge in [0.2, 0.25) is 0 Å². The Morgan fingerprint density at radius 2 is 1.10 bits per heavy atom. The van der Waals surface area contributed by atoms with Crippen molar-refractivity contribution in [3.63, 3.8) is 0 Å². The van der Waals surface area contributed by atoms with Gasteiger partial charge in [0.15, 0.2) is 0 Å². The van der Waals surface area contributed by atoms with Crippen LogP contribution in [0.1, 0.15) is 13.8 Å². The van der Waals surface area contributed by atoms with Crippen LogP contribution < -0.4 is 35.2 Å². The van der Waals surface area contributed by atoms with Gasteiger partial charge in [-0.3, -0.25) is 0 Å². The van der Waals surface area contributed by atoms with Crippen LogP contribution in [0.5, 0.6) is 5.75 Å². The minimum atomic E-state index is -1.25. The first-order chi connectivity index (χ1) is 17.8. The maximum absolute atomic E-state index is 9.13. The molecule has 0 aliphatic heterocycles. The molecule has 0 atom stereocenters. The van der Waals surface area contributed by atoms with Crippen molar-refractivity contribution in [1.82, 2.24) is 0 Å². The molecule has 40 heavy (non-hydrogen) atoms. The Hall–Kier alpha value is -1.25. The van der Waals surface area contributed by atoms with Crippen LogP contribution in [0.15, 0.2) is 84.9 Å². The smallest absolute Gasteiger partial charge is 0.116 e. The Morgan fingerprint density at radius 3 is 1.50 bits per heavy atom. The van der Waals surface area contributed by atoms with Gasteiger partial charge in [-0.2, -0.15) is 0 Å². The van der Waals surface area contributed by atoms with E-state index in [-0.39, 0.29) is 31.0 Å². The summed E-state index contributed by atoms with van der Waals surface area (Å²) < 4.78 is 0. The molecule has 0 spiro atoms. The van der Waals surface area contributed by atoms with Crippen LogP contribution in [0.4, 0.5) is 0 Å². The van der Waals surface area contributed by atoms with Crippen molar-refractivity contribution in [3.05, 3.63) is 84.9 Å². The van der Waals surface area contributed by atoms with Gasteiger partial charge in [-0.05, 0) is 22.9 Å². The van der Waals surface area contributed by atoms with E-state index in [1.807, 2.05) is 30.3 Å². The Kier molecular flexibility index (Phi) is 14.6. The molecule has 0 aromatic heterocycles. The van der Waals surface area contributed by atoms with E-state index < -0.39 is 16.1 Å². The van der Waals surface area contributed by atoms with Gasteiger partial charge in [0.25, 0.3) is 0 Å². The van der Waals surface area contributed by atoms with Crippen molar-refractivity contribution in [2.45, 2.75) is 65.2 Å². The van der Waals surface area contributed by atoms with Crippen molar-refractivity contribution in [3.8, 4) is 5.75 Å². The molecule has 5 aromatic rings.